The molecular formula is C14H26BN2O3+. The largest absolute Gasteiger partial charge is 0.554 e. The van der Waals surface area contributed by atoms with E-state index >= 15 is 0 Å². The van der Waals surface area contributed by atoms with Gasteiger partial charge in [-0.2, -0.15) is 0 Å². The molecule has 0 saturated carbocycles. The molecule has 0 radical (unpaired) electrons. The molecule has 2 aliphatic rings. The van der Waals surface area contributed by atoms with Crippen molar-refractivity contribution in [1.82, 2.24) is 0 Å². The zero-order valence-electron chi connectivity index (χ0n) is 12.9. The molecule has 2 saturated heterocycles. The van der Waals surface area contributed by atoms with Crippen LogP contribution in [0.15, 0.2) is 11.7 Å². The highest BCUT2D eigenvalue weighted by molar-refractivity contribution is 6.53. The smallest absolute Gasteiger partial charge is 0.396 e. The molecule has 5 nitrogen and oxygen atoms in total. The van der Waals surface area contributed by atoms with Gasteiger partial charge in [0.15, 0.2) is 6.23 Å². The van der Waals surface area contributed by atoms with E-state index in [4.69, 9.17) is 19.5 Å². The van der Waals surface area contributed by atoms with Gasteiger partial charge in [0.1, 0.15) is 5.60 Å². The van der Waals surface area contributed by atoms with Crippen molar-refractivity contribution < 1.29 is 19.4 Å². The molecule has 6 heteroatoms. The average Bonchev–Trinajstić information content (AvgIpc) is 2.59. The van der Waals surface area contributed by atoms with Crippen LogP contribution in [0, 0.1) is 5.41 Å². The highest BCUT2D eigenvalue weighted by atomic mass is 16.7. The van der Waals surface area contributed by atoms with Crippen molar-refractivity contribution in [3.63, 3.8) is 0 Å². The van der Waals surface area contributed by atoms with Crippen molar-refractivity contribution in [2.45, 2.75) is 64.4 Å². The number of nitrogens with one attached hydrogen (secondary N) is 1. The van der Waals surface area contributed by atoms with Gasteiger partial charge in [-0.1, -0.05) is 0 Å². The van der Waals surface area contributed by atoms with Gasteiger partial charge in [0, 0.05) is 18.7 Å². The number of ether oxygens (including phenoxy) is 1. The number of hydrogen-bond donors (Lipinski definition) is 2. The first-order chi connectivity index (χ1) is 9.36. The Kier molecular flexibility index (Phi) is 4.69. The molecule has 20 heavy (non-hydrogen) atoms. The van der Waals surface area contributed by atoms with E-state index in [1.54, 1.807) is 6.08 Å². The van der Waals surface area contributed by atoms with Gasteiger partial charge in [-0.3, -0.25) is 5.32 Å². The predicted octanol–water partition coefficient (Wildman–Crippen LogP) is 1.24. The molecule has 0 aromatic heterocycles. The van der Waals surface area contributed by atoms with Gasteiger partial charge < -0.3 is 19.5 Å². The summed E-state index contributed by atoms with van der Waals surface area (Å²) in [6.07, 6.45) is 6.45. The van der Waals surface area contributed by atoms with Crippen LogP contribution in [-0.4, -0.2) is 37.4 Å². The van der Waals surface area contributed by atoms with Gasteiger partial charge in [-0.05, 0) is 40.5 Å². The van der Waals surface area contributed by atoms with Crippen LogP contribution in [0.3, 0.4) is 0 Å². The summed E-state index contributed by atoms with van der Waals surface area (Å²) in [6.45, 7) is 8.94. The normalized spacial score (nSPS) is 29.5. The Morgan fingerprint density at radius 3 is 2.35 bits per heavy atom. The van der Waals surface area contributed by atoms with Crippen LogP contribution in [-0.2, 0) is 14.0 Å². The third-order valence-electron chi connectivity index (χ3n) is 4.39. The first kappa shape index (κ1) is 15.7. The van der Waals surface area contributed by atoms with Gasteiger partial charge in [-0.15, -0.1) is 0 Å². The van der Waals surface area contributed by atoms with Crippen molar-refractivity contribution >= 4 is 13.3 Å². The fraction of sp³-hybridized carbons (Fsp3) is 0.786. The minimum Gasteiger partial charge on any atom is -0.396 e. The lowest BCUT2D eigenvalue weighted by Crippen LogP contribution is -2.91. The summed E-state index contributed by atoms with van der Waals surface area (Å²) < 4.78 is 17.8. The van der Waals surface area contributed by atoms with Gasteiger partial charge in [-0.25, -0.2) is 0 Å². The van der Waals surface area contributed by atoms with E-state index in [9.17, 15) is 0 Å². The zero-order valence-corrected chi connectivity index (χ0v) is 12.9. The number of allylic oxidation sites excluding steroid dienone is 1. The van der Waals surface area contributed by atoms with Crippen molar-refractivity contribution in [2.24, 2.45) is 0 Å². The second kappa shape index (κ2) is 5.97. The number of nitrogens with two attached hydrogens (primary N) is 1. The maximum atomic E-state index is 7.34. The number of hydrogen-bond acceptors (Lipinski definition) is 4. The lowest BCUT2D eigenvalue weighted by atomic mass is 9.83. The SMILES string of the molecule is CC1(C)OB(C(=CC=N)[NH2+]C2CCCCO2)OC1(C)C. The fourth-order valence-corrected chi connectivity index (χ4v) is 2.40. The number of quaternary nitrogens is 1. The minimum absolute atomic E-state index is 0.106. The fourth-order valence-electron chi connectivity index (χ4n) is 2.40. The van der Waals surface area contributed by atoms with E-state index in [0.717, 1.165) is 25.0 Å². The molecule has 0 spiro atoms. The molecule has 0 aromatic rings. The molecule has 2 aliphatic heterocycles. The minimum atomic E-state index is -0.424. The summed E-state index contributed by atoms with van der Waals surface area (Å²) in [4.78, 5) is 0. The molecule has 1 unspecified atom stereocenters. The Morgan fingerprint density at radius 1 is 1.20 bits per heavy atom. The molecule has 0 aliphatic carbocycles. The molecule has 112 valence electrons. The Bertz CT molecular complexity index is 374. The molecule has 2 fully saturated rings. The highest BCUT2D eigenvalue weighted by Gasteiger charge is 2.54. The first-order valence-corrected chi connectivity index (χ1v) is 7.38. The zero-order chi connectivity index (χ0) is 14.8. The van der Waals surface area contributed by atoms with E-state index < -0.39 is 7.12 Å². The second-order valence-corrected chi connectivity index (χ2v) is 6.49. The monoisotopic (exact) mass is 281 g/mol. The molecule has 0 aromatic carbocycles. The van der Waals surface area contributed by atoms with Gasteiger partial charge in [0.2, 0.25) is 0 Å². The summed E-state index contributed by atoms with van der Waals surface area (Å²) in [5.74, 6) is 0. The average molecular weight is 281 g/mol. The van der Waals surface area contributed by atoms with E-state index in [1.807, 2.05) is 33.0 Å². The summed E-state index contributed by atoms with van der Waals surface area (Å²) in [6, 6.07) is 0. The lowest BCUT2D eigenvalue weighted by Gasteiger charge is -2.32. The van der Waals surface area contributed by atoms with Crippen LogP contribution in [0.5, 0.6) is 0 Å². The van der Waals surface area contributed by atoms with Crippen molar-refractivity contribution in [2.75, 3.05) is 6.61 Å². The van der Waals surface area contributed by atoms with Crippen LogP contribution in [0.25, 0.3) is 0 Å². The van der Waals surface area contributed by atoms with Gasteiger partial charge in [0.05, 0.1) is 17.8 Å². The number of rotatable bonds is 4. The van der Waals surface area contributed by atoms with Crippen molar-refractivity contribution in [3.05, 3.63) is 11.7 Å². The van der Waals surface area contributed by atoms with Crippen LogP contribution in [0.1, 0.15) is 47.0 Å². The maximum Gasteiger partial charge on any atom is 0.554 e. The van der Waals surface area contributed by atoms with Gasteiger partial charge >= 0.3 is 7.12 Å². The van der Waals surface area contributed by atoms with Gasteiger partial charge in [0.25, 0.3) is 0 Å². The van der Waals surface area contributed by atoms with Crippen LogP contribution >= 0.6 is 0 Å². The Balaban J connectivity index is 2.06. The summed E-state index contributed by atoms with van der Waals surface area (Å²) >= 11 is 0. The van der Waals surface area contributed by atoms with Crippen molar-refractivity contribution in [1.29, 1.82) is 5.41 Å². The van der Waals surface area contributed by atoms with Crippen LogP contribution in [0.4, 0.5) is 0 Å². The quantitative estimate of drug-likeness (QED) is 0.602. The highest BCUT2D eigenvalue weighted by Crippen LogP contribution is 2.37. The van der Waals surface area contributed by atoms with E-state index in [0.29, 0.717) is 0 Å². The lowest BCUT2D eigenvalue weighted by molar-refractivity contribution is -0.683. The Morgan fingerprint density at radius 2 is 1.85 bits per heavy atom. The van der Waals surface area contributed by atoms with E-state index in [1.165, 1.54) is 12.6 Å². The molecular weight excluding hydrogens is 255 g/mol. The third-order valence-corrected chi connectivity index (χ3v) is 4.39. The van der Waals surface area contributed by atoms with Crippen LogP contribution < -0.4 is 5.32 Å². The topological polar surface area (TPSA) is 68.2 Å². The molecule has 2 heterocycles. The summed E-state index contributed by atoms with van der Waals surface area (Å²) in [5, 5.41) is 9.39. The molecule has 2 rings (SSSR count). The Labute approximate surface area is 121 Å². The summed E-state index contributed by atoms with van der Waals surface area (Å²) in [7, 11) is -0.424. The molecule has 0 amide bonds. The standard InChI is InChI=1S/C14H25BN2O3/c1-13(2)14(3,4)20-15(19-13)11(8-9-16)17-12-7-5-6-10-18-12/h8-9,12,16-17H,5-7,10H2,1-4H3/p+1. The predicted molar refractivity (Wildman–Crippen MR) is 78.5 cm³/mol. The molecule has 0 bridgehead atoms. The summed E-state index contributed by atoms with van der Waals surface area (Å²) in [5.41, 5.74) is 0.158. The van der Waals surface area contributed by atoms with Crippen LogP contribution in [0.2, 0.25) is 0 Å². The molecule has 1 atom stereocenters. The third kappa shape index (κ3) is 3.31. The maximum absolute atomic E-state index is 7.34. The van der Waals surface area contributed by atoms with Crippen molar-refractivity contribution in [3.8, 4) is 0 Å². The first-order valence-electron chi connectivity index (χ1n) is 7.38. The Hall–Kier alpha value is -0.685. The van der Waals surface area contributed by atoms with E-state index in [2.05, 4.69) is 0 Å². The second-order valence-electron chi connectivity index (χ2n) is 6.49. The van der Waals surface area contributed by atoms with E-state index in [-0.39, 0.29) is 17.4 Å². The molecule has 3 N–H and O–H groups in total.